The molecule has 0 aliphatic rings. The van der Waals surface area contributed by atoms with Gasteiger partial charge in [0.15, 0.2) is 6.10 Å². The van der Waals surface area contributed by atoms with Gasteiger partial charge in [-0.2, -0.15) is 0 Å². The third-order valence-electron chi connectivity index (χ3n) is 13.7. The Balaban J connectivity index is 4.10. The molecular formula is C83H126NO8P. The summed E-state index contributed by atoms with van der Waals surface area (Å²) in [5.74, 6) is -0.900. The number of esters is 2. The Hall–Kier alpha value is -6.19. The van der Waals surface area contributed by atoms with Crippen molar-refractivity contribution in [2.45, 2.75) is 238 Å². The topological polar surface area (TPSA) is 134 Å². The third-order valence-corrected chi connectivity index (χ3v) is 14.7. The minimum absolute atomic E-state index is 0.0321. The highest BCUT2D eigenvalue weighted by Gasteiger charge is 2.26. The van der Waals surface area contributed by atoms with E-state index in [0.29, 0.717) is 12.8 Å². The Labute approximate surface area is 567 Å². The molecule has 3 N–H and O–H groups in total. The highest BCUT2D eigenvalue weighted by molar-refractivity contribution is 7.47. The van der Waals surface area contributed by atoms with Crippen LogP contribution in [0.3, 0.4) is 0 Å². The fraction of sp³-hybridized carbons (Fsp3) is 0.494. The van der Waals surface area contributed by atoms with E-state index in [1.165, 1.54) is 19.3 Å². The van der Waals surface area contributed by atoms with E-state index in [1.807, 2.05) is 0 Å². The number of phosphoric ester groups is 1. The van der Waals surface area contributed by atoms with Crippen LogP contribution >= 0.6 is 7.82 Å². The summed E-state index contributed by atoms with van der Waals surface area (Å²) in [6.07, 6.45) is 120. The van der Waals surface area contributed by atoms with E-state index >= 15 is 0 Å². The molecule has 516 valence electrons. The van der Waals surface area contributed by atoms with Crippen molar-refractivity contribution in [1.82, 2.24) is 0 Å². The molecule has 0 aromatic carbocycles. The summed E-state index contributed by atoms with van der Waals surface area (Å²) in [4.78, 5) is 35.4. The summed E-state index contributed by atoms with van der Waals surface area (Å²) in [7, 11) is -4.43. The molecule has 0 saturated carbocycles. The Morgan fingerprint density at radius 3 is 0.839 bits per heavy atom. The smallest absolute Gasteiger partial charge is 0.462 e. The molecule has 0 rings (SSSR count). The van der Waals surface area contributed by atoms with Crippen LogP contribution in [0.2, 0.25) is 0 Å². The van der Waals surface area contributed by atoms with Crippen LogP contribution in [-0.2, 0) is 32.7 Å². The van der Waals surface area contributed by atoms with Crippen molar-refractivity contribution in [1.29, 1.82) is 0 Å². The number of hydrogen-bond acceptors (Lipinski definition) is 8. The molecular weight excluding hydrogens is 1170 g/mol. The van der Waals surface area contributed by atoms with Crippen molar-refractivity contribution in [2.75, 3.05) is 26.4 Å². The maximum Gasteiger partial charge on any atom is 0.472 e. The van der Waals surface area contributed by atoms with Crippen molar-refractivity contribution in [3.05, 3.63) is 243 Å². The van der Waals surface area contributed by atoms with Crippen molar-refractivity contribution in [3.63, 3.8) is 0 Å². The van der Waals surface area contributed by atoms with E-state index in [9.17, 15) is 19.0 Å². The second kappa shape index (κ2) is 74.8. The molecule has 0 aliphatic heterocycles. The number of carbonyl (C=O) groups excluding carboxylic acids is 2. The summed E-state index contributed by atoms with van der Waals surface area (Å²) in [5, 5.41) is 0. The molecule has 10 heteroatoms. The lowest BCUT2D eigenvalue weighted by Crippen LogP contribution is -2.29. The van der Waals surface area contributed by atoms with Crippen LogP contribution < -0.4 is 5.73 Å². The van der Waals surface area contributed by atoms with Gasteiger partial charge in [-0.25, -0.2) is 4.57 Å². The van der Waals surface area contributed by atoms with Gasteiger partial charge in [-0.05, 0) is 167 Å². The first-order valence-electron chi connectivity index (χ1n) is 35.5. The zero-order chi connectivity index (χ0) is 67.2. The van der Waals surface area contributed by atoms with Crippen molar-refractivity contribution in [2.24, 2.45) is 5.73 Å². The zero-order valence-electron chi connectivity index (χ0n) is 57.9. The Morgan fingerprint density at radius 2 is 0.559 bits per heavy atom. The molecule has 0 amide bonds. The van der Waals surface area contributed by atoms with Gasteiger partial charge in [-0.1, -0.05) is 295 Å². The molecule has 0 heterocycles. The van der Waals surface area contributed by atoms with Gasteiger partial charge in [0.2, 0.25) is 0 Å². The molecule has 0 fully saturated rings. The normalized spacial score (nSPS) is 14.4. The summed E-state index contributed by atoms with van der Waals surface area (Å²) in [6, 6.07) is 0. The molecule has 2 atom stereocenters. The van der Waals surface area contributed by atoms with Crippen LogP contribution in [0, 0.1) is 0 Å². The average Bonchev–Trinajstić information content (AvgIpc) is 3.04. The Morgan fingerprint density at radius 1 is 0.323 bits per heavy atom. The van der Waals surface area contributed by atoms with Gasteiger partial charge in [-0.15, -0.1) is 0 Å². The van der Waals surface area contributed by atoms with Gasteiger partial charge in [-0.3, -0.25) is 18.6 Å². The van der Waals surface area contributed by atoms with Gasteiger partial charge in [0, 0.05) is 19.4 Å². The van der Waals surface area contributed by atoms with E-state index in [1.54, 1.807) is 0 Å². The molecule has 0 bridgehead atoms. The van der Waals surface area contributed by atoms with Crippen LogP contribution in [-0.4, -0.2) is 49.3 Å². The number of phosphoric acid groups is 1. The predicted octanol–water partition coefficient (Wildman–Crippen LogP) is 24.0. The summed E-state index contributed by atoms with van der Waals surface area (Å²) >= 11 is 0. The molecule has 0 aromatic heterocycles. The van der Waals surface area contributed by atoms with E-state index in [0.717, 1.165) is 173 Å². The van der Waals surface area contributed by atoms with Crippen LogP contribution in [0.1, 0.15) is 232 Å². The van der Waals surface area contributed by atoms with Crippen LogP contribution in [0.4, 0.5) is 0 Å². The quantitative estimate of drug-likeness (QED) is 0.0264. The molecule has 0 aliphatic carbocycles. The lowest BCUT2D eigenvalue weighted by atomic mass is 10.1. The monoisotopic (exact) mass is 1300 g/mol. The van der Waals surface area contributed by atoms with Crippen molar-refractivity contribution >= 4 is 19.8 Å². The number of ether oxygens (including phenoxy) is 2. The van der Waals surface area contributed by atoms with Gasteiger partial charge in [0.05, 0.1) is 13.2 Å². The van der Waals surface area contributed by atoms with Gasteiger partial charge >= 0.3 is 19.8 Å². The molecule has 9 nitrogen and oxygen atoms in total. The highest BCUT2D eigenvalue weighted by Crippen LogP contribution is 2.43. The van der Waals surface area contributed by atoms with Gasteiger partial charge in [0.25, 0.3) is 0 Å². The number of carbonyl (C=O) groups is 2. The first kappa shape index (κ1) is 86.8. The van der Waals surface area contributed by atoms with Gasteiger partial charge in [0.1, 0.15) is 6.61 Å². The largest absolute Gasteiger partial charge is 0.472 e. The molecule has 0 spiro atoms. The highest BCUT2D eigenvalue weighted by atomic mass is 31.2. The molecule has 2 unspecified atom stereocenters. The van der Waals surface area contributed by atoms with E-state index < -0.39 is 32.5 Å². The number of allylic oxidation sites excluding steroid dienone is 40. The molecule has 0 saturated heterocycles. The van der Waals surface area contributed by atoms with Crippen molar-refractivity contribution in [3.8, 4) is 0 Å². The number of rotatable bonds is 63. The minimum atomic E-state index is -4.43. The lowest BCUT2D eigenvalue weighted by Gasteiger charge is -2.19. The van der Waals surface area contributed by atoms with Crippen LogP contribution in [0.5, 0.6) is 0 Å². The second-order valence-corrected chi connectivity index (χ2v) is 23.7. The maximum atomic E-state index is 12.8. The standard InChI is InChI=1S/C83H126NO8P/c1-3-5-7-9-11-13-15-17-19-21-23-25-27-29-31-33-35-37-39-40-42-44-46-48-50-52-54-56-58-60-62-64-66-68-70-72-74-76-83(86)92-81(80-91-93(87,88)90-78-77-84)79-89-82(85)75-73-71-69-67-65-63-61-59-57-55-53-51-49-47-45-43-41-38-36-34-32-30-28-26-24-22-20-18-16-14-12-10-8-6-4-2/h5-8,11-14,17-20,23-26,29-32,35-38,40,42-43,45-46,48-49,51-52,54-55,57-58,60,64,66,81H,3-4,9-10,15-16,21-22,27-28,33-34,39,41,44,47,50,53,56,59,61-63,65,67-80,84H2,1-2H3,(H,87,88)/b7-5-,8-6-,13-11-,14-12-,19-17-,20-18-,25-23-,26-24-,31-29-,32-30-,37-35-,38-36-,42-40-,45-43-,48-46-,51-49-,54-52-,57-55-,60-58-,66-64-. The SMILES string of the molecule is CC/C=C\C/C=C\C/C=C\C/C=C\C/C=C\C/C=C\C/C=C\C/C=C\C/C=C\C/C=C\C/C=C\CCCCCC(=O)OC(COC(=O)CCCCCCCCC/C=C\C/C=C\C/C=C\C/C=C\C/C=C\C/C=C\C/C=C\C/C=C\C/C=C\CC)COP(=O)(O)OCCN. The predicted molar refractivity (Wildman–Crippen MR) is 403 cm³/mol. The fourth-order valence-corrected chi connectivity index (χ4v) is 9.34. The summed E-state index contributed by atoms with van der Waals surface area (Å²) in [5.41, 5.74) is 5.40. The summed E-state index contributed by atoms with van der Waals surface area (Å²) in [6.45, 7) is 3.43. The first-order valence-corrected chi connectivity index (χ1v) is 37.0. The van der Waals surface area contributed by atoms with Crippen LogP contribution in [0.25, 0.3) is 0 Å². The third kappa shape index (κ3) is 74.7. The zero-order valence-corrected chi connectivity index (χ0v) is 58.8. The lowest BCUT2D eigenvalue weighted by molar-refractivity contribution is -0.161. The van der Waals surface area contributed by atoms with E-state index in [4.69, 9.17) is 24.3 Å². The van der Waals surface area contributed by atoms with Crippen molar-refractivity contribution < 1.29 is 37.6 Å². The molecule has 0 radical (unpaired) electrons. The maximum absolute atomic E-state index is 12.8. The Kier molecular flexibility index (Phi) is 69.9. The minimum Gasteiger partial charge on any atom is -0.462 e. The fourth-order valence-electron chi connectivity index (χ4n) is 8.57. The van der Waals surface area contributed by atoms with Crippen LogP contribution in [0.15, 0.2) is 243 Å². The summed E-state index contributed by atoms with van der Waals surface area (Å²) < 4.78 is 33.1. The first-order chi connectivity index (χ1) is 45.8. The van der Waals surface area contributed by atoms with Gasteiger partial charge < -0.3 is 20.1 Å². The Bertz CT molecular complexity index is 2430. The number of unbranched alkanes of at least 4 members (excludes halogenated alkanes) is 10. The second-order valence-electron chi connectivity index (χ2n) is 22.3. The van der Waals surface area contributed by atoms with E-state index in [2.05, 4.69) is 257 Å². The van der Waals surface area contributed by atoms with E-state index in [-0.39, 0.29) is 32.6 Å². The molecule has 93 heavy (non-hydrogen) atoms. The number of nitrogens with two attached hydrogens (primary N) is 1. The number of hydrogen-bond donors (Lipinski definition) is 2. The molecule has 0 aromatic rings. The average molecular weight is 1300 g/mol.